The molecule has 4 aromatic rings. The molecule has 1 aromatic heterocycles. The third kappa shape index (κ3) is 4.64. The Balaban J connectivity index is 1.71. The first-order valence-electron chi connectivity index (χ1n) is 10.2. The van der Waals surface area contributed by atoms with Crippen LogP contribution in [-0.4, -0.2) is 28.5 Å². The van der Waals surface area contributed by atoms with Crippen molar-refractivity contribution in [1.82, 2.24) is 4.57 Å². The zero-order chi connectivity index (χ0) is 22.5. The zero-order valence-electron chi connectivity index (χ0n) is 17.5. The second-order valence-electron chi connectivity index (χ2n) is 7.14. The molecule has 7 heteroatoms. The molecule has 0 aliphatic carbocycles. The van der Waals surface area contributed by atoms with Crippen molar-refractivity contribution in [1.29, 1.82) is 0 Å². The maximum absolute atomic E-state index is 12.8. The van der Waals surface area contributed by atoms with Crippen molar-refractivity contribution in [2.24, 2.45) is 4.99 Å². The molecule has 5 nitrogen and oxygen atoms in total. The van der Waals surface area contributed by atoms with Crippen molar-refractivity contribution < 1.29 is 14.6 Å². The molecule has 162 valence electrons. The van der Waals surface area contributed by atoms with Gasteiger partial charge in [0, 0.05) is 11.8 Å². The summed E-state index contributed by atoms with van der Waals surface area (Å²) in [5.41, 5.74) is 1.74. The quantitative estimate of drug-likeness (QED) is 0.201. The number of ether oxygens (including phenoxy) is 1. The molecule has 4 rings (SSSR count). The molecule has 0 aliphatic rings. The lowest BCUT2D eigenvalue weighted by molar-refractivity contribution is -0.147. The summed E-state index contributed by atoms with van der Waals surface area (Å²) >= 11 is 6.73. The van der Waals surface area contributed by atoms with Crippen LogP contribution in [0.1, 0.15) is 23.4 Å². The number of benzene rings is 3. The highest BCUT2D eigenvalue weighted by molar-refractivity contribution is 7.73. The van der Waals surface area contributed by atoms with Gasteiger partial charge in [0.05, 0.1) is 18.5 Å². The number of aromatic nitrogens is 1. The number of hydrogen-bond donors (Lipinski definition) is 1. The second-order valence-corrected chi connectivity index (χ2v) is 8.82. The molecule has 0 saturated heterocycles. The van der Waals surface area contributed by atoms with E-state index in [0.717, 1.165) is 22.0 Å². The lowest BCUT2D eigenvalue weighted by Crippen LogP contribution is -2.24. The van der Waals surface area contributed by atoms with E-state index in [0.29, 0.717) is 15.3 Å². The number of esters is 1. The van der Waals surface area contributed by atoms with Crippen LogP contribution in [0.15, 0.2) is 77.8 Å². The van der Waals surface area contributed by atoms with Gasteiger partial charge in [0.25, 0.3) is 0 Å². The van der Waals surface area contributed by atoms with E-state index in [9.17, 15) is 9.90 Å². The van der Waals surface area contributed by atoms with Crippen molar-refractivity contribution in [3.63, 3.8) is 0 Å². The van der Waals surface area contributed by atoms with Gasteiger partial charge >= 0.3 is 5.97 Å². The second kappa shape index (κ2) is 9.89. The minimum atomic E-state index is -0.763. The molecule has 1 heterocycles. The van der Waals surface area contributed by atoms with E-state index in [2.05, 4.69) is 4.99 Å². The molecule has 0 radical (unpaired) electrons. The van der Waals surface area contributed by atoms with Gasteiger partial charge in [-0.15, -0.1) is 0 Å². The van der Waals surface area contributed by atoms with Crippen LogP contribution in [0.2, 0.25) is 0 Å². The van der Waals surface area contributed by atoms with Crippen LogP contribution in [-0.2, 0) is 16.0 Å². The van der Waals surface area contributed by atoms with Gasteiger partial charge in [-0.2, -0.15) is 0 Å². The maximum Gasteiger partial charge on any atom is 0.329 e. The van der Waals surface area contributed by atoms with Gasteiger partial charge in [0.2, 0.25) is 5.88 Å². The number of aliphatic imine (C=N–C) groups is 1. The Hall–Kier alpha value is -3.29. The number of hydrogen-bond acceptors (Lipinski definition) is 6. The van der Waals surface area contributed by atoms with Crippen molar-refractivity contribution in [3.8, 4) is 5.88 Å². The van der Waals surface area contributed by atoms with E-state index >= 15 is 0 Å². The molecule has 3 aromatic carbocycles. The van der Waals surface area contributed by atoms with Gasteiger partial charge < -0.3 is 9.84 Å². The minimum Gasteiger partial charge on any atom is -0.493 e. The Bertz CT molecular complexity index is 1320. The van der Waals surface area contributed by atoms with E-state index < -0.39 is 12.0 Å². The smallest absolute Gasteiger partial charge is 0.329 e. The molecule has 0 bridgehead atoms. The third-order valence-electron chi connectivity index (χ3n) is 5.07. The third-order valence-corrected chi connectivity index (χ3v) is 6.40. The average molecular weight is 463 g/mol. The first-order chi connectivity index (χ1) is 15.6. The van der Waals surface area contributed by atoms with Crippen molar-refractivity contribution in [2.75, 3.05) is 6.61 Å². The zero-order valence-corrected chi connectivity index (χ0v) is 19.1. The fourth-order valence-corrected chi connectivity index (χ4v) is 4.84. The van der Waals surface area contributed by atoms with E-state index in [1.165, 1.54) is 15.9 Å². The summed E-state index contributed by atoms with van der Waals surface area (Å²) in [4.78, 5) is 17.8. The molecule has 0 aliphatic heterocycles. The Labute approximate surface area is 195 Å². The number of carbonyl (C=O) groups is 1. The SMILES string of the molecule is CCOC(=O)[C@@H](Cc1ccccc1)n1c(O)c(C=Nc2cccc3ccccc23)sc1=S. The topological polar surface area (TPSA) is 63.8 Å². The molecule has 0 spiro atoms. The van der Waals surface area contributed by atoms with Gasteiger partial charge in [0.1, 0.15) is 10.9 Å². The van der Waals surface area contributed by atoms with Crippen LogP contribution < -0.4 is 0 Å². The molecule has 32 heavy (non-hydrogen) atoms. The normalized spacial score (nSPS) is 12.3. The monoisotopic (exact) mass is 462 g/mol. The fraction of sp³-hybridized carbons (Fsp3) is 0.160. The predicted octanol–water partition coefficient (Wildman–Crippen LogP) is 6.24. The number of carbonyl (C=O) groups excluding carboxylic acids is 1. The molecule has 0 unspecified atom stereocenters. The van der Waals surface area contributed by atoms with E-state index in [1.807, 2.05) is 72.8 Å². The summed E-state index contributed by atoms with van der Waals surface area (Å²) in [5.74, 6) is -0.518. The van der Waals surface area contributed by atoms with Gasteiger partial charge in [-0.1, -0.05) is 78.1 Å². The number of fused-ring (bicyclic) bond motifs is 1. The molecule has 0 amide bonds. The van der Waals surface area contributed by atoms with Crippen LogP contribution in [0.5, 0.6) is 5.88 Å². The Morgan fingerprint density at radius 1 is 1.12 bits per heavy atom. The standard InChI is InChI=1S/C25H22N2O3S2/c1-2-30-24(29)21(15-17-9-4-3-5-10-17)27-23(28)22(32-25(27)31)16-26-20-14-8-12-18-11-6-7-13-19(18)20/h3-14,16,21,28H,2,15H2,1H3/t21-/m1/s1. The number of nitrogens with zero attached hydrogens (tertiary/aromatic N) is 2. The van der Waals surface area contributed by atoms with Crippen molar-refractivity contribution in [2.45, 2.75) is 19.4 Å². The summed E-state index contributed by atoms with van der Waals surface area (Å²) in [5, 5.41) is 13.1. The summed E-state index contributed by atoms with van der Waals surface area (Å²) in [6.07, 6.45) is 1.96. The van der Waals surface area contributed by atoms with Crippen LogP contribution in [0.4, 0.5) is 5.69 Å². The summed E-state index contributed by atoms with van der Waals surface area (Å²) in [7, 11) is 0. The Morgan fingerprint density at radius 3 is 2.62 bits per heavy atom. The van der Waals surface area contributed by atoms with Gasteiger partial charge in [-0.3, -0.25) is 9.56 Å². The van der Waals surface area contributed by atoms with E-state index in [-0.39, 0.29) is 12.5 Å². The molecule has 1 atom stereocenters. The number of thiazole rings is 1. The Morgan fingerprint density at radius 2 is 1.84 bits per heavy atom. The fourth-order valence-electron chi connectivity index (χ4n) is 3.56. The van der Waals surface area contributed by atoms with E-state index in [1.54, 1.807) is 13.1 Å². The van der Waals surface area contributed by atoms with Crippen LogP contribution in [0, 0.1) is 3.95 Å². The largest absolute Gasteiger partial charge is 0.493 e. The lowest BCUT2D eigenvalue weighted by Gasteiger charge is -2.18. The first kappa shape index (κ1) is 21.9. The summed E-state index contributed by atoms with van der Waals surface area (Å²) < 4.78 is 7.13. The van der Waals surface area contributed by atoms with Gasteiger partial charge in [0.15, 0.2) is 3.95 Å². The molecule has 0 saturated carbocycles. The number of aromatic hydroxyl groups is 1. The van der Waals surface area contributed by atoms with Crippen LogP contribution in [0.3, 0.4) is 0 Å². The lowest BCUT2D eigenvalue weighted by atomic mass is 10.1. The predicted molar refractivity (Wildman–Crippen MR) is 132 cm³/mol. The molecule has 0 fully saturated rings. The van der Waals surface area contributed by atoms with Crippen LogP contribution >= 0.6 is 23.6 Å². The van der Waals surface area contributed by atoms with Gasteiger partial charge in [-0.05, 0) is 36.2 Å². The van der Waals surface area contributed by atoms with E-state index in [4.69, 9.17) is 17.0 Å². The minimum absolute atomic E-state index is 0.0852. The molecular formula is C25H22N2O3S2. The molecular weight excluding hydrogens is 440 g/mol. The molecule has 1 N–H and O–H groups in total. The van der Waals surface area contributed by atoms with Crippen molar-refractivity contribution >= 4 is 52.2 Å². The highest BCUT2D eigenvalue weighted by atomic mass is 32.1. The maximum atomic E-state index is 12.8. The number of rotatable bonds is 7. The highest BCUT2D eigenvalue weighted by Crippen LogP contribution is 2.32. The van der Waals surface area contributed by atoms with Crippen LogP contribution in [0.25, 0.3) is 10.8 Å². The van der Waals surface area contributed by atoms with Gasteiger partial charge in [-0.25, -0.2) is 4.79 Å². The first-order valence-corrected chi connectivity index (χ1v) is 11.5. The Kier molecular flexibility index (Phi) is 6.78. The summed E-state index contributed by atoms with van der Waals surface area (Å²) in [6.45, 7) is 2.00. The van der Waals surface area contributed by atoms with Crippen molar-refractivity contribution in [3.05, 3.63) is 87.2 Å². The summed E-state index contributed by atoms with van der Waals surface area (Å²) in [6, 6.07) is 22.7. The average Bonchev–Trinajstić information content (AvgIpc) is 3.09. The highest BCUT2D eigenvalue weighted by Gasteiger charge is 2.27.